The summed E-state index contributed by atoms with van der Waals surface area (Å²) in [4.78, 5) is 0. The predicted molar refractivity (Wildman–Crippen MR) is 79.5 cm³/mol. The van der Waals surface area contributed by atoms with Crippen LogP contribution in [0.3, 0.4) is 0 Å². The monoisotopic (exact) mass is 290 g/mol. The lowest BCUT2D eigenvalue weighted by Crippen LogP contribution is -2.01. The number of nitrogens with zero attached hydrogens (tertiary/aromatic N) is 1. The van der Waals surface area contributed by atoms with E-state index in [0.29, 0.717) is 15.7 Å². The Hall–Kier alpha value is -1.69. The van der Waals surface area contributed by atoms with Crippen molar-refractivity contribution < 1.29 is 0 Å². The molecule has 0 heterocycles. The van der Waals surface area contributed by atoms with Crippen LogP contribution < -0.4 is 5.73 Å². The molecule has 0 saturated heterocycles. The van der Waals surface area contributed by atoms with Crippen molar-refractivity contribution in [2.75, 3.05) is 5.73 Å². The van der Waals surface area contributed by atoms with Gasteiger partial charge in [0, 0.05) is 15.7 Å². The van der Waals surface area contributed by atoms with Crippen LogP contribution in [0.2, 0.25) is 10.0 Å². The van der Waals surface area contributed by atoms with Crippen molar-refractivity contribution in [1.82, 2.24) is 0 Å². The average molecular weight is 291 g/mol. The van der Waals surface area contributed by atoms with E-state index in [4.69, 9.17) is 28.9 Å². The Balaban J connectivity index is 2.52. The van der Waals surface area contributed by atoms with Gasteiger partial charge >= 0.3 is 0 Å². The molecule has 2 aromatic rings. The summed E-state index contributed by atoms with van der Waals surface area (Å²) in [7, 11) is 0. The molecule has 0 aliphatic rings. The van der Waals surface area contributed by atoms with E-state index in [-0.39, 0.29) is 0 Å². The van der Waals surface area contributed by atoms with Crippen LogP contribution in [0.25, 0.3) is 0 Å². The van der Waals surface area contributed by atoms with Gasteiger partial charge in [0.2, 0.25) is 0 Å². The molecule has 0 aliphatic heterocycles. The summed E-state index contributed by atoms with van der Waals surface area (Å²) in [5, 5.41) is 10.6. The van der Waals surface area contributed by atoms with Gasteiger partial charge in [-0.2, -0.15) is 5.26 Å². The molecule has 2 aromatic carbocycles. The molecule has 1 atom stereocenters. The minimum atomic E-state index is -0.427. The van der Waals surface area contributed by atoms with Gasteiger partial charge in [0.05, 0.1) is 12.0 Å². The standard InChI is InChI=1S/C15H12Cl2N2/c1-9-6-12(14(17)7-15(9)19)13(8-18)10-2-4-11(16)5-3-10/h2-7,13H,19H2,1H3. The van der Waals surface area contributed by atoms with Crippen molar-refractivity contribution in [3.63, 3.8) is 0 Å². The van der Waals surface area contributed by atoms with Crippen molar-refractivity contribution in [3.05, 3.63) is 63.1 Å². The number of halogens is 2. The van der Waals surface area contributed by atoms with Crippen LogP contribution in [0.15, 0.2) is 36.4 Å². The van der Waals surface area contributed by atoms with E-state index < -0.39 is 5.92 Å². The average Bonchev–Trinajstić information content (AvgIpc) is 2.38. The number of benzene rings is 2. The zero-order chi connectivity index (χ0) is 14.0. The lowest BCUT2D eigenvalue weighted by molar-refractivity contribution is 1.03. The first kappa shape index (κ1) is 13.7. The van der Waals surface area contributed by atoms with Crippen molar-refractivity contribution in [1.29, 1.82) is 5.26 Å². The van der Waals surface area contributed by atoms with E-state index >= 15 is 0 Å². The quantitative estimate of drug-likeness (QED) is 0.826. The number of nitrogen functional groups attached to an aromatic ring is 1. The molecule has 96 valence electrons. The number of nitrogens with two attached hydrogens (primary N) is 1. The van der Waals surface area contributed by atoms with Crippen molar-refractivity contribution in [3.8, 4) is 6.07 Å². The smallest absolute Gasteiger partial charge is 0.0977 e. The molecule has 0 saturated carbocycles. The maximum absolute atomic E-state index is 9.41. The second-order valence-electron chi connectivity index (χ2n) is 4.34. The number of hydrogen-bond acceptors (Lipinski definition) is 2. The molecule has 0 aromatic heterocycles. The fourth-order valence-electron chi connectivity index (χ4n) is 1.92. The second kappa shape index (κ2) is 5.52. The molecule has 0 amide bonds. The number of nitriles is 1. The molecule has 0 fully saturated rings. The highest BCUT2D eigenvalue weighted by molar-refractivity contribution is 6.32. The third-order valence-corrected chi connectivity index (χ3v) is 3.61. The van der Waals surface area contributed by atoms with Crippen LogP contribution in [0.1, 0.15) is 22.6 Å². The number of rotatable bonds is 2. The summed E-state index contributed by atoms with van der Waals surface area (Å²) >= 11 is 12.1. The topological polar surface area (TPSA) is 49.8 Å². The van der Waals surface area contributed by atoms with E-state index in [2.05, 4.69) is 6.07 Å². The Morgan fingerprint density at radius 2 is 1.79 bits per heavy atom. The zero-order valence-electron chi connectivity index (χ0n) is 10.3. The molecular weight excluding hydrogens is 279 g/mol. The minimum Gasteiger partial charge on any atom is -0.398 e. The van der Waals surface area contributed by atoms with E-state index in [1.54, 1.807) is 18.2 Å². The number of anilines is 1. The van der Waals surface area contributed by atoms with Crippen molar-refractivity contribution >= 4 is 28.9 Å². The summed E-state index contributed by atoms with van der Waals surface area (Å²) in [6, 6.07) is 13.0. The highest BCUT2D eigenvalue weighted by Crippen LogP contribution is 2.33. The summed E-state index contributed by atoms with van der Waals surface area (Å²) in [5.74, 6) is -0.427. The molecule has 2 N–H and O–H groups in total. The van der Waals surface area contributed by atoms with E-state index in [1.165, 1.54) is 0 Å². The Kier molecular flexibility index (Phi) is 3.99. The van der Waals surface area contributed by atoms with Crippen molar-refractivity contribution in [2.45, 2.75) is 12.8 Å². The molecule has 4 heteroatoms. The molecular formula is C15H12Cl2N2. The fraction of sp³-hybridized carbons (Fsp3) is 0.133. The lowest BCUT2D eigenvalue weighted by Gasteiger charge is -2.14. The van der Waals surface area contributed by atoms with Crippen LogP contribution in [-0.4, -0.2) is 0 Å². The molecule has 19 heavy (non-hydrogen) atoms. The molecule has 0 bridgehead atoms. The Morgan fingerprint density at radius 1 is 1.16 bits per heavy atom. The Labute approximate surface area is 122 Å². The maximum atomic E-state index is 9.41. The van der Waals surface area contributed by atoms with Gasteiger partial charge in [0.1, 0.15) is 0 Å². The Bertz CT molecular complexity index is 642. The van der Waals surface area contributed by atoms with Gasteiger partial charge in [-0.3, -0.25) is 0 Å². The van der Waals surface area contributed by atoms with Gasteiger partial charge in [-0.25, -0.2) is 0 Å². The normalized spacial score (nSPS) is 11.9. The molecule has 1 unspecified atom stereocenters. The van der Waals surface area contributed by atoms with Crippen LogP contribution in [0, 0.1) is 18.3 Å². The van der Waals surface area contributed by atoms with E-state index in [1.807, 2.05) is 25.1 Å². The molecule has 0 radical (unpaired) electrons. The minimum absolute atomic E-state index is 0.427. The fourth-order valence-corrected chi connectivity index (χ4v) is 2.33. The second-order valence-corrected chi connectivity index (χ2v) is 5.19. The molecule has 2 rings (SSSR count). The molecule has 0 aliphatic carbocycles. The van der Waals surface area contributed by atoms with E-state index in [0.717, 1.165) is 16.7 Å². The van der Waals surface area contributed by atoms with Crippen LogP contribution in [0.4, 0.5) is 5.69 Å². The van der Waals surface area contributed by atoms with Gasteiger partial charge in [-0.05, 0) is 41.8 Å². The van der Waals surface area contributed by atoms with Gasteiger partial charge in [0.15, 0.2) is 0 Å². The molecule has 0 spiro atoms. The third kappa shape index (κ3) is 2.84. The third-order valence-electron chi connectivity index (χ3n) is 3.03. The Morgan fingerprint density at radius 3 is 2.37 bits per heavy atom. The van der Waals surface area contributed by atoms with Gasteiger partial charge in [-0.1, -0.05) is 41.4 Å². The van der Waals surface area contributed by atoms with Gasteiger partial charge in [0.25, 0.3) is 0 Å². The summed E-state index contributed by atoms with van der Waals surface area (Å²) < 4.78 is 0. The highest BCUT2D eigenvalue weighted by Gasteiger charge is 2.17. The highest BCUT2D eigenvalue weighted by atomic mass is 35.5. The first-order valence-electron chi connectivity index (χ1n) is 5.73. The first-order chi connectivity index (χ1) is 9.02. The van der Waals surface area contributed by atoms with Gasteiger partial charge < -0.3 is 5.73 Å². The van der Waals surface area contributed by atoms with Crippen LogP contribution in [-0.2, 0) is 0 Å². The number of hydrogen-bond donors (Lipinski definition) is 1. The first-order valence-corrected chi connectivity index (χ1v) is 6.49. The van der Waals surface area contributed by atoms with E-state index in [9.17, 15) is 5.26 Å². The summed E-state index contributed by atoms with van der Waals surface area (Å²) in [5.41, 5.74) is 8.96. The van der Waals surface area contributed by atoms with Crippen LogP contribution >= 0.6 is 23.2 Å². The summed E-state index contributed by atoms with van der Waals surface area (Å²) in [6.45, 7) is 1.89. The SMILES string of the molecule is Cc1cc(C(C#N)c2ccc(Cl)cc2)c(Cl)cc1N. The largest absolute Gasteiger partial charge is 0.398 e. The predicted octanol–water partition coefficient (Wildman–Crippen LogP) is 4.54. The van der Waals surface area contributed by atoms with Crippen molar-refractivity contribution in [2.24, 2.45) is 0 Å². The maximum Gasteiger partial charge on any atom is 0.0977 e. The van der Waals surface area contributed by atoms with Crippen LogP contribution in [0.5, 0.6) is 0 Å². The number of aryl methyl sites for hydroxylation is 1. The lowest BCUT2D eigenvalue weighted by atomic mass is 9.91. The van der Waals surface area contributed by atoms with Gasteiger partial charge in [-0.15, -0.1) is 0 Å². The molecule has 2 nitrogen and oxygen atoms in total. The zero-order valence-corrected chi connectivity index (χ0v) is 11.8. The summed E-state index contributed by atoms with van der Waals surface area (Å²) in [6.07, 6.45) is 0.